The molecular formula is C11H22. The highest BCUT2D eigenvalue weighted by Gasteiger charge is 2.34. The van der Waals surface area contributed by atoms with Gasteiger partial charge in [-0.2, -0.15) is 0 Å². The quantitative estimate of drug-likeness (QED) is 0.497. The molecule has 66 valence electrons. The lowest BCUT2D eigenvalue weighted by Gasteiger charge is -2.04. The molecule has 0 saturated heterocycles. The molecule has 2 saturated carbocycles. The van der Waals surface area contributed by atoms with Gasteiger partial charge in [0.05, 0.1) is 0 Å². The number of rotatable bonds is 0. The van der Waals surface area contributed by atoms with Crippen molar-refractivity contribution in [2.75, 3.05) is 0 Å². The molecule has 0 nitrogen and oxygen atoms in total. The van der Waals surface area contributed by atoms with Gasteiger partial charge in [-0.15, -0.1) is 0 Å². The lowest BCUT2D eigenvalue weighted by Crippen LogP contribution is -1.95. The summed E-state index contributed by atoms with van der Waals surface area (Å²) in [7, 11) is 0. The summed E-state index contributed by atoms with van der Waals surface area (Å²) in [6.07, 6.45) is 7.72. The standard InChI is InChI=1S/C9H16.C2H6/c1-7-5-8-3-2-4-9(8)6-7;1-2/h7-9H,2-6H2,1H3;1-2H3. The van der Waals surface area contributed by atoms with Gasteiger partial charge in [0, 0.05) is 0 Å². The van der Waals surface area contributed by atoms with E-state index in [1.807, 2.05) is 13.8 Å². The molecule has 0 heteroatoms. The molecule has 11 heavy (non-hydrogen) atoms. The van der Waals surface area contributed by atoms with Crippen LogP contribution in [-0.2, 0) is 0 Å². The van der Waals surface area contributed by atoms with Crippen molar-refractivity contribution in [2.45, 2.75) is 52.9 Å². The first-order valence-corrected chi connectivity index (χ1v) is 5.36. The van der Waals surface area contributed by atoms with Gasteiger partial charge < -0.3 is 0 Å². The first-order chi connectivity index (χ1) is 5.36. The van der Waals surface area contributed by atoms with Crippen LogP contribution in [0.4, 0.5) is 0 Å². The summed E-state index contributed by atoms with van der Waals surface area (Å²) in [4.78, 5) is 0. The topological polar surface area (TPSA) is 0 Å². The Morgan fingerprint density at radius 2 is 1.36 bits per heavy atom. The molecule has 2 aliphatic carbocycles. The predicted octanol–water partition coefficient (Wildman–Crippen LogP) is 3.86. The minimum absolute atomic E-state index is 1.06. The first-order valence-electron chi connectivity index (χ1n) is 5.36. The molecule has 0 aromatic heterocycles. The summed E-state index contributed by atoms with van der Waals surface area (Å²) < 4.78 is 0. The molecule has 0 amide bonds. The third-order valence-electron chi connectivity index (χ3n) is 3.23. The van der Waals surface area contributed by atoms with Gasteiger partial charge in [-0.3, -0.25) is 0 Å². The van der Waals surface area contributed by atoms with Gasteiger partial charge >= 0.3 is 0 Å². The Morgan fingerprint density at radius 1 is 0.909 bits per heavy atom. The van der Waals surface area contributed by atoms with Crippen molar-refractivity contribution in [3.05, 3.63) is 0 Å². The van der Waals surface area contributed by atoms with Crippen LogP contribution in [0.15, 0.2) is 0 Å². The van der Waals surface area contributed by atoms with Crippen molar-refractivity contribution in [1.29, 1.82) is 0 Å². The third kappa shape index (κ3) is 1.98. The largest absolute Gasteiger partial charge is 0.0683 e. The molecule has 0 aromatic rings. The Kier molecular flexibility index (Phi) is 3.42. The maximum Gasteiger partial charge on any atom is -0.0383 e. The van der Waals surface area contributed by atoms with Crippen LogP contribution in [0.1, 0.15) is 52.9 Å². The minimum Gasteiger partial charge on any atom is -0.0683 e. The van der Waals surface area contributed by atoms with Crippen LogP contribution < -0.4 is 0 Å². The fourth-order valence-electron chi connectivity index (χ4n) is 2.86. The van der Waals surface area contributed by atoms with E-state index in [-0.39, 0.29) is 0 Å². The van der Waals surface area contributed by atoms with E-state index in [2.05, 4.69) is 6.92 Å². The van der Waals surface area contributed by atoms with Gasteiger partial charge in [-0.05, 0) is 30.6 Å². The fraction of sp³-hybridized carbons (Fsp3) is 1.00. The summed E-state index contributed by atoms with van der Waals surface area (Å²) in [6, 6.07) is 0. The zero-order chi connectivity index (χ0) is 8.27. The lowest BCUT2D eigenvalue weighted by atomic mass is 10.0. The van der Waals surface area contributed by atoms with Crippen LogP contribution in [-0.4, -0.2) is 0 Å². The van der Waals surface area contributed by atoms with E-state index in [0.29, 0.717) is 0 Å². The van der Waals surface area contributed by atoms with Gasteiger partial charge in [0.2, 0.25) is 0 Å². The van der Waals surface area contributed by atoms with E-state index in [1.54, 1.807) is 25.7 Å². The van der Waals surface area contributed by atoms with Crippen molar-refractivity contribution >= 4 is 0 Å². The molecule has 0 aliphatic heterocycles. The van der Waals surface area contributed by atoms with Crippen LogP contribution in [0.3, 0.4) is 0 Å². The average Bonchev–Trinajstić information content (AvgIpc) is 2.51. The Labute approximate surface area is 71.4 Å². The molecule has 2 rings (SSSR count). The van der Waals surface area contributed by atoms with Crippen LogP contribution in [0.5, 0.6) is 0 Å². The van der Waals surface area contributed by atoms with Crippen LogP contribution in [0.2, 0.25) is 0 Å². The lowest BCUT2D eigenvalue weighted by molar-refractivity contribution is 0.457. The van der Waals surface area contributed by atoms with E-state index in [0.717, 1.165) is 17.8 Å². The monoisotopic (exact) mass is 154 g/mol. The smallest absolute Gasteiger partial charge is 0.0383 e. The zero-order valence-corrected chi connectivity index (χ0v) is 8.27. The highest BCUT2D eigenvalue weighted by atomic mass is 14.4. The fourth-order valence-corrected chi connectivity index (χ4v) is 2.86. The molecule has 0 radical (unpaired) electrons. The summed E-state index contributed by atoms with van der Waals surface area (Å²) >= 11 is 0. The second-order valence-electron chi connectivity index (χ2n) is 4.03. The van der Waals surface area contributed by atoms with E-state index in [4.69, 9.17) is 0 Å². The first kappa shape index (κ1) is 9.09. The molecule has 0 N–H and O–H groups in total. The Morgan fingerprint density at radius 3 is 1.82 bits per heavy atom. The normalized spacial score (nSPS) is 41.2. The van der Waals surface area contributed by atoms with Crippen molar-refractivity contribution in [1.82, 2.24) is 0 Å². The van der Waals surface area contributed by atoms with Crippen LogP contribution in [0, 0.1) is 17.8 Å². The van der Waals surface area contributed by atoms with Crippen molar-refractivity contribution in [2.24, 2.45) is 17.8 Å². The average molecular weight is 154 g/mol. The highest BCUT2D eigenvalue weighted by Crippen LogP contribution is 2.46. The Balaban J connectivity index is 0.000000281. The molecule has 0 spiro atoms. The van der Waals surface area contributed by atoms with Gasteiger partial charge in [-0.1, -0.05) is 40.0 Å². The molecule has 2 unspecified atom stereocenters. The van der Waals surface area contributed by atoms with Gasteiger partial charge in [0.25, 0.3) is 0 Å². The van der Waals surface area contributed by atoms with E-state index >= 15 is 0 Å². The number of hydrogen-bond acceptors (Lipinski definition) is 0. The summed E-state index contributed by atoms with van der Waals surface area (Å²) in [5, 5.41) is 0. The van der Waals surface area contributed by atoms with Crippen LogP contribution in [0.25, 0.3) is 0 Å². The highest BCUT2D eigenvalue weighted by molar-refractivity contribution is 4.85. The molecular weight excluding hydrogens is 132 g/mol. The Hall–Kier alpha value is 0. The van der Waals surface area contributed by atoms with Crippen LogP contribution >= 0.6 is 0 Å². The molecule has 2 atom stereocenters. The minimum atomic E-state index is 1.06. The summed E-state index contributed by atoms with van der Waals surface area (Å²) in [5.41, 5.74) is 0. The van der Waals surface area contributed by atoms with E-state index < -0.39 is 0 Å². The second kappa shape index (κ2) is 4.13. The molecule has 2 aliphatic rings. The SMILES string of the molecule is CC.CC1CC2CCCC2C1. The number of fused-ring (bicyclic) bond motifs is 1. The molecule has 2 fully saturated rings. The Bertz CT molecular complexity index is 94.6. The van der Waals surface area contributed by atoms with Crippen molar-refractivity contribution in [3.63, 3.8) is 0 Å². The van der Waals surface area contributed by atoms with Crippen molar-refractivity contribution in [3.8, 4) is 0 Å². The van der Waals surface area contributed by atoms with E-state index in [9.17, 15) is 0 Å². The third-order valence-corrected chi connectivity index (χ3v) is 3.23. The number of hydrogen-bond donors (Lipinski definition) is 0. The molecule has 0 aromatic carbocycles. The van der Waals surface area contributed by atoms with E-state index in [1.165, 1.54) is 6.42 Å². The van der Waals surface area contributed by atoms with Gasteiger partial charge in [-0.25, -0.2) is 0 Å². The summed E-state index contributed by atoms with van der Waals surface area (Å²) in [5.74, 6) is 3.36. The maximum absolute atomic E-state index is 2.42. The van der Waals surface area contributed by atoms with Gasteiger partial charge in [0.1, 0.15) is 0 Å². The molecule has 0 bridgehead atoms. The maximum atomic E-state index is 2.42. The molecule has 0 heterocycles. The predicted molar refractivity (Wildman–Crippen MR) is 50.6 cm³/mol. The second-order valence-corrected chi connectivity index (χ2v) is 4.03. The van der Waals surface area contributed by atoms with Crippen molar-refractivity contribution < 1.29 is 0 Å². The summed E-state index contributed by atoms with van der Waals surface area (Å²) in [6.45, 7) is 6.42. The zero-order valence-electron chi connectivity index (χ0n) is 8.27. The van der Waals surface area contributed by atoms with Gasteiger partial charge in [0.15, 0.2) is 0 Å².